The van der Waals surface area contributed by atoms with Crippen molar-refractivity contribution in [2.24, 2.45) is 0 Å². The van der Waals surface area contributed by atoms with Gasteiger partial charge in [0.05, 0.1) is 20.8 Å². The highest BCUT2D eigenvalue weighted by Gasteiger charge is 2.07. The zero-order chi connectivity index (χ0) is 16.5. The normalized spacial score (nSPS) is 10.0. The van der Waals surface area contributed by atoms with E-state index in [9.17, 15) is 4.79 Å². The molecule has 2 aromatic rings. The quantitative estimate of drug-likeness (QED) is 0.758. The van der Waals surface area contributed by atoms with Crippen molar-refractivity contribution in [3.63, 3.8) is 0 Å². The van der Waals surface area contributed by atoms with Gasteiger partial charge < -0.3 is 19.5 Å². The van der Waals surface area contributed by atoms with Gasteiger partial charge in [-0.25, -0.2) is 0 Å². The van der Waals surface area contributed by atoms with E-state index < -0.39 is 0 Å². The molecule has 0 aliphatic carbocycles. The Hall–Kier alpha value is -2.69. The van der Waals surface area contributed by atoms with Crippen LogP contribution in [0.25, 0.3) is 0 Å². The highest BCUT2D eigenvalue weighted by atomic mass is 16.5. The fourth-order valence-corrected chi connectivity index (χ4v) is 2.08. The topological polar surface area (TPSA) is 56.8 Å². The van der Waals surface area contributed by atoms with E-state index in [1.807, 2.05) is 30.3 Å². The summed E-state index contributed by atoms with van der Waals surface area (Å²) < 4.78 is 15.9. The molecule has 23 heavy (non-hydrogen) atoms. The highest BCUT2D eigenvalue weighted by molar-refractivity contribution is 5.91. The average Bonchev–Trinajstić information content (AvgIpc) is 2.59. The van der Waals surface area contributed by atoms with E-state index in [1.54, 1.807) is 32.4 Å². The molecule has 0 heterocycles. The van der Waals surface area contributed by atoms with Gasteiger partial charge in [0, 0.05) is 18.2 Å². The molecule has 0 spiro atoms. The first-order valence-corrected chi connectivity index (χ1v) is 7.42. The van der Waals surface area contributed by atoms with Crippen molar-refractivity contribution >= 4 is 11.6 Å². The molecule has 0 atom stereocenters. The van der Waals surface area contributed by atoms with Crippen molar-refractivity contribution in [2.75, 3.05) is 26.1 Å². The van der Waals surface area contributed by atoms with Crippen LogP contribution in [0.3, 0.4) is 0 Å². The lowest BCUT2D eigenvalue weighted by Crippen LogP contribution is -2.13. The third-order valence-corrected chi connectivity index (χ3v) is 3.23. The van der Waals surface area contributed by atoms with Crippen LogP contribution in [0, 0.1) is 0 Å². The number of rotatable bonds is 8. The summed E-state index contributed by atoms with van der Waals surface area (Å²) in [7, 11) is 3.13. The molecule has 0 saturated heterocycles. The van der Waals surface area contributed by atoms with Crippen LogP contribution in [0.2, 0.25) is 0 Å². The molecule has 0 aliphatic heterocycles. The van der Waals surface area contributed by atoms with Gasteiger partial charge in [0.2, 0.25) is 5.91 Å². The molecular weight excluding hydrogens is 294 g/mol. The van der Waals surface area contributed by atoms with Crippen molar-refractivity contribution in [1.82, 2.24) is 0 Å². The third-order valence-electron chi connectivity index (χ3n) is 3.23. The summed E-state index contributed by atoms with van der Waals surface area (Å²) in [6, 6.07) is 14.8. The molecule has 0 radical (unpaired) electrons. The molecule has 2 rings (SSSR count). The molecule has 0 aromatic heterocycles. The van der Waals surface area contributed by atoms with Gasteiger partial charge in [-0.2, -0.15) is 0 Å². The molecular formula is C18H21NO4. The maximum Gasteiger partial charge on any atom is 0.224 e. The minimum Gasteiger partial charge on any atom is -0.494 e. The Morgan fingerprint density at radius 3 is 2.43 bits per heavy atom. The molecule has 1 N–H and O–H groups in total. The third kappa shape index (κ3) is 5.21. The monoisotopic (exact) mass is 315 g/mol. The minimum absolute atomic E-state index is 0.0612. The molecule has 5 heteroatoms. The van der Waals surface area contributed by atoms with Crippen LogP contribution in [0.15, 0.2) is 48.5 Å². The molecule has 2 aromatic carbocycles. The maximum atomic E-state index is 11.9. The smallest absolute Gasteiger partial charge is 0.224 e. The first-order chi connectivity index (χ1) is 11.2. The second kappa shape index (κ2) is 8.68. The van der Waals surface area contributed by atoms with Crippen LogP contribution in [0.4, 0.5) is 5.69 Å². The van der Waals surface area contributed by atoms with Crippen LogP contribution < -0.4 is 19.5 Å². The van der Waals surface area contributed by atoms with Gasteiger partial charge in [0.15, 0.2) is 11.5 Å². The number of nitrogens with one attached hydrogen (secondary N) is 1. The van der Waals surface area contributed by atoms with E-state index in [0.29, 0.717) is 36.6 Å². The van der Waals surface area contributed by atoms with Crippen LogP contribution in [-0.4, -0.2) is 26.7 Å². The number of carbonyl (C=O) groups is 1. The van der Waals surface area contributed by atoms with E-state index in [0.717, 1.165) is 5.75 Å². The Balaban J connectivity index is 1.76. The maximum absolute atomic E-state index is 11.9. The molecule has 0 bridgehead atoms. The predicted octanol–water partition coefficient (Wildman–Crippen LogP) is 3.50. The molecule has 5 nitrogen and oxygen atoms in total. The SMILES string of the molecule is COc1ccc(NC(=O)CCCOc2ccccc2)cc1OC. The minimum atomic E-state index is -0.0612. The first kappa shape index (κ1) is 16.7. The summed E-state index contributed by atoms with van der Waals surface area (Å²) >= 11 is 0. The van der Waals surface area contributed by atoms with Crippen molar-refractivity contribution in [3.8, 4) is 17.2 Å². The lowest BCUT2D eigenvalue weighted by molar-refractivity contribution is -0.116. The highest BCUT2D eigenvalue weighted by Crippen LogP contribution is 2.29. The number of ether oxygens (including phenoxy) is 3. The molecule has 0 fully saturated rings. The Morgan fingerprint density at radius 2 is 1.74 bits per heavy atom. The van der Waals surface area contributed by atoms with Crippen molar-refractivity contribution in [3.05, 3.63) is 48.5 Å². The molecule has 0 aliphatic rings. The zero-order valence-electron chi connectivity index (χ0n) is 13.4. The van der Waals surface area contributed by atoms with Gasteiger partial charge >= 0.3 is 0 Å². The predicted molar refractivity (Wildman–Crippen MR) is 89.3 cm³/mol. The molecule has 1 amide bonds. The van der Waals surface area contributed by atoms with Gasteiger partial charge in [-0.15, -0.1) is 0 Å². The Labute approximate surface area is 136 Å². The number of methoxy groups -OCH3 is 2. The zero-order valence-corrected chi connectivity index (χ0v) is 13.4. The van der Waals surface area contributed by atoms with E-state index >= 15 is 0 Å². The summed E-state index contributed by atoms with van der Waals surface area (Å²) in [6.07, 6.45) is 1.04. The number of amides is 1. The second-order valence-electron chi connectivity index (χ2n) is 4.88. The second-order valence-corrected chi connectivity index (χ2v) is 4.88. The van der Waals surface area contributed by atoms with Crippen molar-refractivity contribution in [2.45, 2.75) is 12.8 Å². The number of benzene rings is 2. The van der Waals surface area contributed by atoms with Gasteiger partial charge in [0.1, 0.15) is 5.75 Å². The van der Waals surface area contributed by atoms with E-state index in [1.165, 1.54) is 0 Å². The fraction of sp³-hybridized carbons (Fsp3) is 0.278. The average molecular weight is 315 g/mol. The number of hydrogen-bond donors (Lipinski definition) is 1. The number of carbonyl (C=O) groups excluding carboxylic acids is 1. The Bertz CT molecular complexity index is 628. The summed E-state index contributed by atoms with van der Waals surface area (Å²) in [6.45, 7) is 0.503. The number of para-hydroxylation sites is 1. The van der Waals surface area contributed by atoms with E-state index in [2.05, 4.69) is 5.32 Å². The van der Waals surface area contributed by atoms with E-state index in [4.69, 9.17) is 14.2 Å². The first-order valence-electron chi connectivity index (χ1n) is 7.42. The standard InChI is InChI=1S/C18H21NO4/c1-21-16-11-10-14(13-17(16)22-2)19-18(20)9-6-12-23-15-7-4-3-5-8-15/h3-5,7-8,10-11,13H,6,9,12H2,1-2H3,(H,19,20). The van der Waals surface area contributed by atoms with Crippen LogP contribution >= 0.6 is 0 Å². The molecule has 0 unspecified atom stereocenters. The lowest BCUT2D eigenvalue weighted by Gasteiger charge is -2.10. The fourth-order valence-electron chi connectivity index (χ4n) is 2.08. The van der Waals surface area contributed by atoms with Gasteiger partial charge in [-0.1, -0.05) is 18.2 Å². The van der Waals surface area contributed by atoms with Crippen LogP contribution in [-0.2, 0) is 4.79 Å². The lowest BCUT2D eigenvalue weighted by atomic mass is 10.2. The van der Waals surface area contributed by atoms with Crippen molar-refractivity contribution < 1.29 is 19.0 Å². The van der Waals surface area contributed by atoms with Crippen LogP contribution in [0.5, 0.6) is 17.2 Å². The Kier molecular flexibility index (Phi) is 6.29. The molecule has 122 valence electrons. The summed E-state index contributed by atoms with van der Waals surface area (Å²) in [5, 5.41) is 2.84. The van der Waals surface area contributed by atoms with Crippen molar-refractivity contribution in [1.29, 1.82) is 0 Å². The van der Waals surface area contributed by atoms with Gasteiger partial charge in [0.25, 0.3) is 0 Å². The van der Waals surface area contributed by atoms with Gasteiger partial charge in [-0.3, -0.25) is 4.79 Å². The summed E-state index contributed by atoms with van der Waals surface area (Å²) in [5.41, 5.74) is 0.677. The van der Waals surface area contributed by atoms with Crippen LogP contribution in [0.1, 0.15) is 12.8 Å². The molecule has 0 saturated carbocycles. The number of hydrogen-bond acceptors (Lipinski definition) is 4. The Morgan fingerprint density at radius 1 is 1.00 bits per heavy atom. The largest absolute Gasteiger partial charge is 0.494 e. The summed E-state index contributed by atoms with van der Waals surface area (Å²) in [4.78, 5) is 11.9. The number of anilines is 1. The van der Waals surface area contributed by atoms with E-state index in [-0.39, 0.29) is 5.91 Å². The van der Waals surface area contributed by atoms with Gasteiger partial charge in [-0.05, 0) is 30.7 Å². The summed E-state index contributed by atoms with van der Waals surface area (Å²) in [5.74, 6) is 1.96.